The summed E-state index contributed by atoms with van der Waals surface area (Å²) in [6, 6.07) is 13.5. The second-order valence-corrected chi connectivity index (χ2v) is 11.1. The summed E-state index contributed by atoms with van der Waals surface area (Å²) in [5, 5.41) is 12.4. The molecule has 0 aromatic heterocycles. The summed E-state index contributed by atoms with van der Waals surface area (Å²) in [5.74, 6) is 1.94. The highest BCUT2D eigenvalue weighted by Crippen LogP contribution is 2.33. The molecule has 0 spiro atoms. The minimum atomic E-state index is -0.0833. The molecule has 0 atom stereocenters. The molecule has 2 fully saturated rings. The molecule has 5 rings (SSSR count). The molecule has 2 amide bonds. The summed E-state index contributed by atoms with van der Waals surface area (Å²) in [5.41, 5.74) is 3.44. The van der Waals surface area contributed by atoms with Crippen LogP contribution >= 0.6 is 11.8 Å². The number of ether oxygens (including phenoxy) is 2. The molecule has 0 unspecified atom stereocenters. The molecule has 39 heavy (non-hydrogen) atoms. The molecule has 208 valence electrons. The Bertz CT molecular complexity index is 1180. The maximum absolute atomic E-state index is 12.7. The van der Waals surface area contributed by atoms with Crippen molar-refractivity contribution in [1.82, 2.24) is 15.2 Å². The molecule has 0 radical (unpaired) electrons. The van der Waals surface area contributed by atoms with E-state index in [1.165, 1.54) is 29.6 Å². The highest BCUT2D eigenvalue weighted by Gasteiger charge is 2.24. The Morgan fingerprint density at radius 3 is 2.62 bits per heavy atom. The molecule has 2 N–H and O–H groups in total. The molecule has 10 heteroatoms. The maximum Gasteiger partial charge on any atom is 0.302 e. The van der Waals surface area contributed by atoms with Gasteiger partial charge in [0.15, 0.2) is 11.5 Å². The molecule has 1 saturated heterocycles. The van der Waals surface area contributed by atoms with Crippen LogP contribution in [-0.2, 0) is 11.3 Å². The summed E-state index contributed by atoms with van der Waals surface area (Å²) in [7, 11) is 1.65. The Kier molecular flexibility index (Phi) is 9.39. The zero-order valence-electron chi connectivity index (χ0n) is 22.5. The number of methoxy groups -OCH3 is 1. The van der Waals surface area contributed by atoms with Gasteiger partial charge in [0.2, 0.25) is 5.91 Å². The van der Waals surface area contributed by atoms with Gasteiger partial charge in [-0.25, -0.2) is 5.01 Å². The predicted molar refractivity (Wildman–Crippen MR) is 155 cm³/mol. The first-order valence-electron chi connectivity index (χ1n) is 13.8. The fourth-order valence-corrected chi connectivity index (χ4v) is 5.82. The number of amides is 2. The SMILES string of the molecule is COc1ccc(C2=NN(Cc3ccc(NC(=O)CCN4CCNCC4)cc3)C(=O)SC2)cc1OC1CCCC1. The molecule has 0 bridgehead atoms. The van der Waals surface area contributed by atoms with Gasteiger partial charge in [0, 0.05) is 56.1 Å². The summed E-state index contributed by atoms with van der Waals surface area (Å²) in [6.07, 6.45) is 5.19. The first-order valence-corrected chi connectivity index (χ1v) is 14.7. The lowest BCUT2D eigenvalue weighted by Crippen LogP contribution is -2.44. The van der Waals surface area contributed by atoms with E-state index in [1.54, 1.807) is 7.11 Å². The van der Waals surface area contributed by atoms with E-state index in [0.29, 0.717) is 24.5 Å². The molecule has 2 aliphatic heterocycles. The lowest BCUT2D eigenvalue weighted by atomic mass is 10.1. The average molecular weight is 552 g/mol. The minimum Gasteiger partial charge on any atom is -0.493 e. The molecule has 2 aromatic carbocycles. The molecule has 1 saturated carbocycles. The molecule has 9 nitrogen and oxygen atoms in total. The van der Waals surface area contributed by atoms with Crippen molar-refractivity contribution in [3.05, 3.63) is 53.6 Å². The van der Waals surface area contributed by atoms with Crippen molar-refractivity contribution in [3.8, 4) is 11.5 Å². The van der Waals surface area contributed by atoms with Crippen molar-refractivity contribution in [3.63, 3.8) is 0 Å². The number of hydrogen-bond acceptors (Lipinski definition) is 8. The van der Waals surface area contributed by atoms with E-state index in [-0.39, 0.29) is 17.3 Å². The third-order valence-electron chi connectivity index (χ3n) is 7.31. The van der Waals surface area contributed by atoms with Gasteiger partial charge >= 0.3 is 5.24 Å². The van der Waals surface area contributed by atoms with Gasteiger partial charge < -0.3 is 25.0 Å². The molecule has 2 aromatic rings. The van der Waals surface area contributed by atoms with E-state index in [4.69, 9.17) is 14.6 Å². The molecule has 3 aliphatic rings. The predicted octanol–water partition coefficient (Wildman–Crippen LogP) is 4.32. The standard InChI is InChI=1S/C29H37N5O4S/c1-37-26-11-8-22(18-27(26)38-24-4-2-3-5-24)25-20-39-29(36)34(32-25)19-21-6-9-23(10-7-21)31-28(35)12-15-33-16-13-30-14-17-33/h6-11,18,24,30H,2-5,12-17,19-20H2,1H3,(H,31,35). The second-order valence-electron chi connectivity index (χ2n) is 10.1. The van der Waals surface area contributed by atoms with Crippen LogP contribution in [0.25, 0.3) is 0 Å². The number of benzene rings is 2. The number of carbonyl (C=O) groups excluding carboxylic acids is 2. The summed E-state index contributed by atoms with van der Waals surface area (Å²) >= 11 is 1.25. The Labute approximate surface area is 234 Å². The largest absolute Gasteiger partial charge is 0.493 e. The molecular weight excluding hydrogens is 514 g/mol. The number of nitrogens with one attached hydrogen (secondary N) is 2. The van der Waals surface area contributed by atoms with Crippen LogP contribution < -0.4 is 20.1 Å². The minimum absolute atomic E-state index is 0.00824. The molecule has 2 heterocycles. The number of hydrogen-bond donors (Lipinski definition) is 2. The lowest BCUT2D eigenvalue weighted by Gasteiger charge is -2.26. The monoisotopic (exact) mass is 551 g/mol. The van der Waals surface area contributed by atoms with Crippen LogP contribution in [0.1, 0.15) is 43.2 Å². The van der Waals surface area contributed by atoms with E-state index in [2.05, 4.69) is 15.5 Å². The van der Waals surface area contributed by atoms with E-state index in [0.717, 1.165) is 73.8 Å². The third-order valence-corrected chi connectivity index (χ3v) is 8.19. The highest BCUT2D eigenvalue weighted by atomic mass is 32.2. The van der Waals surface area contributed by atoms with Gasteiger partial charge in [0.1, 0.15) is 0 Å². The van der Waals surface area contributed by atoms with E-state index in [1.807, 2.05) is 42.5 Å². The number of hydrazone groups is 1. The zero-order chi connectivity index (χ0) is 27.0. The number of thioether (sulfide) groups is 1. The zero-order valence-corrected chi connectivity index (χ0v) is 23.3. The van der Waals surface area contributed by atoms with E-state index < -0.39 is 0 Å². The van der Waals surface area contributed by atoms with Gasteiger partial charge in [-0.1, -0.05) is 23.9 Å². The average Bonchev–Trinajstić information content (AvgIpc) is 3.48. The number of carbonyl (C=O) groups is 2. The normalized spacial score (nSPS) is 18.6. The van der Waals surface area contributed by atoms with Crippen LogP contribution in [0.2, 0.25) is 0 Å². The van der Waals surface area contributed by atoms with Crippen molar-refractivity contribution in [2.24, 2.45) is 5.10 Å². The van der Waals surface area contributed by atoms with Gasteiger partial charge in [-0.3, -0.25) is 9.59 Å². The van der Waals surface area contributed by atoms with Gasteiger partial charge in [0.25, 0.3) is 0 Å². The lowest BCUT2D eigenvalue weighted by molar-refractivity contribution is -0.116. The third kappa shape index (κ3) is 7.52. The van der Waals surface area contributed by atoms with Crippen LogP contribution in [0.4, 0.5) is 10.5 Å². The van der Waals surface area contributed by atoms with E-state index >= 15 is 0 Å². The van der Waals surface area contributed by atoms with Crippen LogP contribution in [0.15, 0.2) is 47.6 Å². The number of nitrogens with zero attached hydrogens (tertiary/aromatic N) is 3. The Hall–Kier alpha value is -3.08. The summed E-state index contributed by atoms with van der Waals surface area (Å²) in [6.45, 7) is 5.03. The first-order chi connectivity index (χ1) is 19.1. The van der Waals surface area contributed by atoms with Crippen LogP contribution in [-0.4, -0.2) is 78.5 Å². The van der Waals surface area contributed by atoms with Crippen LogP contribution in [0, 0.1) is 0 Å². The quantitative estimate of drug-likeness (QED) is 0.454. The highest BCUT2D eigenvalue weighted by molar-refractivity contribution is 8.14. The van der Waals surface area contributed by atoms with E-state index in [9.17, 15) is 9.59 Å². The van der Waals surface area contributed by atoms with Crippen LogP contribution in [0.5, 0.6) is 11.5 Å². The van der Waals surface area contributed by atoms with Crippen molar-refractivity contribution < 1.29 is 19.1 Å². The van der Waals surface area contributed by atoms with Gasteiger partial charge in [-0.05, 0) is 61.6 Å². The topological polar surface area (TPSA) is 95.5 Å². The maximum atomic E-state index is 12.7. The van der Waals surface area contributed by atoms with Crippen molar-refractivity contribution >= 4 is 34.3 Å². The number of piperazine rings is 1. The first kappa shape index (κ1) is 27.5. The van der Waals surface area contributed by atoms with Gasteiger partial charge in [-0.15, -0.1) is 0 Å². The number of anilines is 1. The summed E-state index contributed by atoms with van der Waals surface area (Å²) in [4.78, 5) is 27.4. The fraction of sp³-hybridized carbons (Fsp3) is 0.483. The number of rotatable bonds is 10. The fourth-order valence-electron chi connectivity index (χ4n) is 5.08. The smallest absolute Gasteiger partial charge is 0.302 e. The van der Waals surface area contributed by atoms with Crippen molar-refractivity contribution in [2.45, 2.75) is 44.8 Å². The Morgan fingerprint density at radius 2 is 1.87 bits per heavy atom. The summed E-state index contributed by atoms with van der Waals surface area (Å²) < 4.78 is 11.8. The molecule has 1 aliphatic carbocycles. The van der Waals surface area contributed by atoms with Crippen molar-refractivity contribution in [1.29, 1.82) is 0 Å². The van der Waals surface area contributed by atoms with Gasteiger partial charge in [-0.2, -0.15) is 5.10 Å². The van der Waals surface area contributed by atoms with Crippen molar-refractivity contribution in [2.75, 3.05) is 50.9 Å². The molecular formula is C29H37N5O4S. The van der Waals surface area contributed by atoms with Crippen LogP contribution in [0.3, 0.4) is 0 Å². The second kappa shape index (κ2) is 13.3. The Balaban J connectivity index is 1.20. The Morgan fingerprint density at radius 1 is 1.10 bits per heavy atom. The van der Waals surface area contributed by atoms with Gasteiger partial charge in [0.05, 0.1) is 25.5 Å².